The molecule has 2 N–H and O–H groups in total. The largest absolute Gasteiger partial charge is 0.481 e. The van der Waals surface area contributed by atoms with Crippen molar-refractivity contribution in [3.63, 3.8) is 0 Å². The zero-order valence-electron chi connectivity index (χ0n) is 31.1. The third-order valence-corrected chi connectivity index (χ3v) is 15.8. The summed E-state index contributed by atoms with van der Waals surface area (Å²) in [5.74, 6) is 0.494. The Balaban J connectivity index is 1.31. The Bertz CT molecular complexity index is 1480. The average Bonchev–Trinajstić information content (AvgIpc) is 3.42. The van der Waals surface area contributed by atoms with E-state index in [-0.39, 0.29) is 33.5 Å². The summed E-state index contributed by atoms with van der Waals surface area (Å²) >= 11 is 0. The second-order valence-corrected chi connectivity index (χ2v) is 18.4. The van der Waals surface area contributed by atoms with Crippen LogP contribution in [0.25, 0.3) is 5.57 Å². The van der Waals surface area contributed by atoms with E-state index in [0.29, 0.717) is 23.3 Å². The maximum Gasteiger partial charge on any atom is 0.335 e. The summed E-state index contributed by atoms with van der Waals surface area (Å²) in [5.41, 5.74) is 3.83. The Kier molecular flexibility index (Phi) is 8.93. The number of fused-ring (bicyclic) bond motifs is 7. The minimum absolute atomic E-state index is 0.0330. The van der Waals surface area contributed by atoms with Crippen LogP contribution in [0.3, 0.4) is 0 Å². The second-order valence-electron chi connectivity index (χ2n) is 18.4. The van der Waals surface area contributed by atoms with Gasteiger partial charge in [-0.2, -0.15) is 0 Å². The van der Waals surface area contributed by atoms with Crippen molar-refractivity contribution in [2.75, 3.05) is 40.8 Å². The quantitative estimate of drug-likeness (QED) is 0.259. The molecule has 6 heteroatoms. The number of allylic oxidation sites excluding steroid dienone is 2. The first kappa shape index (κ1) is 35.4. The van der Waals surface area contributed by atoms with Gasteiger partial charge in [0.15, 0.2) is 0 Å². The van der Waals surface area contributed by atoms with E-state index in [9.17, 15) is 19.8 Å². The van der Waals surface area contributed by atoms with E-state index in [0.717, 1.165) is 63.7 Å². The summed E-state index contributed by atoms with van der Waals surface area (Å²) in [6.45, 7) is 20.1. The molecule has 0 aromatic heterocycles. The van der Waals surface area contributed by atoms with E-state index in [1.165, 1.54) is 30.4 Å². The van der Waals surface area contributed by atoms with E-state index in [1.54, 1.807) is 12.1 Å². The molecule has 48 heavy (non-hydrogen) atoms. The summed E-state index contributed by atoms with van der Waals surface area (Å²) in [4.78, 5) is 29.4. The molecule has 9 unspecified atom stereocenters. The predicted octanol–water partition coefficient (Wildman–Crippen LogP) is 8.59. The predicted molar refractivity (Wildman–Crippen MR) is 194 cm³/mol. The number of benzene rings is 1. The van der Waals surface area contributed by atoms with Gasteiger partial charge in [-0.15, -0.1) is 0 Å². The number of aliphatic carboxylic acids is 1. The monoisotopic (exact) mass is 658 g/mol. The normalized spacial score (nSPS) is 40.0. The average molecular weight is 659 g/mol. The van der Waals surface area contributed by atoms with Crippen LogP contribution in [0.1, 0.15) is 108 Å². The van der Waals surface area contributed by atoms with Gasteiger partial charge in [-0.05, 0) is 153 Å². The van der Waals surface area contributed by atoms with Crippen LogP contribution < -0.4 is 0 Å². The molecule has 5 aliphatic rings. The Hall–Kier alpha value is -2.44. The Morgan fingerprint density at radius 3 is 2.15 bits per heavy atom. The van der Waals surface area contributed by atoms with Gasteiger partial charge in [-0.1, -0.05) is 65.0 Å². The van der Waals surface area contributed by atoms with E-state index < -0.39 is 17.4 Å². The molecule has 0 spiro atoms. The molecule has 0 amide bonds. The van der Waals surface area contributed by atoms with Gasteiger partial charge in [0.2, 0.25) is 0 Å². The van der Waals surface area contributed by atoms with E-state index in [4.69, 9.17) is 0 Å². The minimum atomic E-state index is -0.884. The van der Waals surface area contributed by atoms with Gasteiger partial charge in [0.1, 0.15) is 0 Å². The van der Waals surface area contributed by atoms with E-state index in [1.807, 2.05) is 12.1 Å². The maximum absolute atomic E-state index is 13.3. The third-order valence-electron chi connectivity index (χ3n) is 15.8. The van der Waals surface area contributed by atoms with Crippen LogP contribution in [0.2, 0.25) is 0 Å². The van der Waals surface area contributed by atoms with Crippen LogP contribution >= 0.6 is 0 Å². The number of rotatable bonds is 9. The van der Waals surface area contributed by atoms with Crippen LogP contribution in [-0.2, 0) is 4.79 Å². The molecule has 0 radical (unpaired) electrons. The molecule has 4 fully saturated rings. The van der Waals surface area contributed by atoms with Gasteiger partial charge in [0.25, 0.3) is 0 Å². The molecule has 9 atom stereocenters. The van der Waals surface area contributed by atoms with Crippen molar-refractivity contribution in [3.05, 3.63) is 53.6 Å². The van der Waals surface area contributed by atoms with E-state index >= 15 is 0 Å². The number of carboxylic acids is 2. The summed E-state index contributed by atoms with van der Waals surface area (Å²) < 4.78 is 0. The summed E-state index contributed by atoms with van der Waals surface area (Å²) in [7, 11) is 6.40. The number of hydrogen-bond acceptors (Lipinski definition) is 4. The smallest absolute Gasteiger partial charge is 0.335 e. The van der Waals surface area contributed by atoms with Crippen molar-refractivity contribution in [2.45, 2.75) is 92.4 Å². The van der Waals surface area contributed by atoms with Crippen molar-refractivity contribution >= 4 is 17.5 Å². The summed E-state index contributed by atoms with van der Waals surface area (Å²) in [6.07, 6.45) is 11.7. The van der Waals surface area contributed by atoms with Gasteiger partial charge in [0.05, 0.1) is 11.0 Å². The van der Waals surface area contributed by atoms with Crippen molar-refractivity contribution < 1.29 is 19.8 Å². The van der Waals surface area contributed by atoms with Gasteiger partial charge in [-0.3, -0.25) is 4.79 Å². The number of nitrogens with zero attached hydrogens (tertiary/aromatic N) is 2. The van der Waals surface area contributed by atoms with Crippen molar-refractivity contribution in [1.82, 2.24) is 9.80 Å². The molecular formula is C42H62N2O4. The SMILES string of the molecule is C=C(CN(C)CCN(C)C)C1CCC2(C(=O)O)CCC3(C)C(CCC4C5(C)CC=C(c6ccc(C(=O)O)cc6)C(C)(C)C5CCC43C)C12. The molecule has 1 aromatic rings. The highest BCUT2D eigenvalue weighted by Crippen LogP contribution is 2.77. The number of hydrogen-bond donors (Lipinski definition) is 2. The zero-order chi connectivity index (χ0) is 35.0. The lowest BCUT2D eigenvalue weighted by Gasteiger charge is -2.72. The van der Waals surface area contributed by atoms with Crippen LogP contribution in [0.5, 0.6) is 0 Å². The molecule has 0 bridgehead atoms. The maximum atomic E-state index is 13.3. The standard InChI is InChI=1S/C42H62N2O4/c1-27(26-44(9)25-24-43(7)8)30-16-21-42(37(47)48)23-22-40(5)32(35(30)42)14-15-34-39(4)19-17-31(28-10-12-29(13-11-28)36(45)46)38(2,3)33(39)18-20-41(34,40)6/h10-13,17,30,32-35H,1,14-16,18-26H2,2-9H3,(H,45,46)(H,47,48). The Labute approximate surface area is 290 Å². The number of carboxylic acid groups (broad SMARTS) is 2. The van der Waals surface area contributed by atoms with Crippen LogP contribution in [0.15, 0.2) is 42.5 Å². The van der Waals surface area contributed by atoms with Crippen molar-refractivity contribution in [3.8, 4) is 0 Å². The summed E-state index contributed by atoms with van der Waals surface area (Å²) in [6, 6.07) is 7.49. The molecule has 0 heterocycles. The van der Waals surface area contributed by atoms with Gasteiger partial charge in [0, 0.05) is 19.6 Å². The molecule has 5 aliphatic carbocycles. The minimum Gasteiger partial charge on any atom is -0.481 e. The van der Waals surface area contributed by atoms with Crippen LogP contribution in [0, 0.1) is 56.7 Å². The Morgan fingerprint density at radius 1 is 0.833 bits per heavy atom. The molecule has 0 saturated heterocycles. The molecule has 264 valence electrons. The number of aromatic carboxylic acids is 1. The van der Waals surface area contributed by atoms with E-state index in [2.05, 4.69) is 78.2 Å². The highest BCUT2D eigenvalue weighted by atomic mass is 16.4. The van der Waals surface area contributed by atoms with Crippen LogP contribution in [-0.4, -0.2) is 72.7 Å². The fourth-order valence-corrected chi connectivity index (χ4v) is 13.2. The highest BCUT2D eigenvalue weighted by Gasteiger charge is 2.71. The van der Waals surface area contributed by atoms with Crippen molar-refractivity contribution in [1.29, 1.82) is 0 Å². The van der Waals surface area contributed by atoms with Crippen molar-refractivity contribution in [2.24, 2.45) is 56.7 Å². The van der Waals surface area contributed by atoms with Gasteiger partial charge in [-0.25, -0.2) is 4.79 Å². The first-order chi connectivity index (χ1) is 22.4. The lowest BCUT2D eigenvalue weighted by atomic mass is 9.32. The molecule has 0 aliphatic heterocycles. The lowest BCUT2D eigenvalue weighted by molar-refractivity contribution is -0.228. The fraction of sp³-hybridized carbons (Fsp3) is 0.714. The zero-order valence-corrected chi connectivity index (χ0v) is 31.1. The van der Waals surface area contributed by atoms with Crippen LogP contribution in [0.4, 0.5) is 0 Å². The van der Waals surface area contributed by atoms with Gasteiger partial charge >= 0.3 is 11.9 Å². The molecule has 6 rings (SSSR count). The fourth-order valence-electron chi connectivity index (χ4n) is 13.2. The Morgan fingerprint density at radius 2 is 1.52 bits per heavy atom. The molecule has 1 aromatic carbocycles. The van der Waals surface area contributed by atoms with Gasteiger partial charge < -0.3 is 20.0 Å². The topological polar surface area (TPSA) is 81.1 Å². The molecule has 6 nitrogen and oxygen atoms in total. The lowest BCUT2D eigenvalue weighted by Crippen LogP contribution is -2.66. The number of likely N-dealkylation sites (N-methyl/N-ethyl adjacent to an activating group) is 2. The third kappa shape index (κ3) is 5.17. The second kappa shape index (κ2) is 12.1. The summed E-state index contributed by atoms with van der Waals surface area (Å²) in [5, 5.41) is 20.4. The number of carbonyl (C=O) groups is 2. The first-order valence-electron chi connectivity index (χ1n) is 18.7. The molecular weight excluding hydrogens is 596 g/mol. The first-order valence-corrected chi connectivity index (χ1v) is 18.7. The molecule has 4 saturated carbocycles. The highest BCUT2D eigenvalue weighted by molar-refractivity contribution is 5.88.